The molecule has 0 amide bonds. The minimum atomic E-state index is -0.951. The van der Waals surface area contributed by atoms with Crippen LogP contribution in [0.2, 0.25) is 0 Å². The van der Waals surface area contributed by atoms with Crippen molar-refractivity contribution in [1.82, 2.24) is 0 Å². The van der Waals surface area contributed by atoms with Crippen molar-refractivity contribution in [3.63, 3.8) is 0 Å². The van der Waals surface area contributed by atoms with Crippen molar-refractivity contribution >= 4 is 0 Å². The Bertz CT molecular complexity index is 399. The molecular formula is C15H20F2O. The van der Waals surface area contributed by atoms with Crippen LogP contribution in [-0.4, -0.2) is 10.7 Å². The van der Waals surface area contributed by atoms with E-state index in [1.807, 2.05) is 0 Å². The van der Waals surface area contributed by atoms with Crippen LogP contribution in [0.4, 0.5) is 8.78 Å². The third-order valence-electron chi connectivity index (χ3n) is 4.01. The highest BCUT2D eigenvalue weighted by atomic mass is 19.1. The monoisotopic (exact) mass is 254 g/mol. The highest BCUT2D eigenvalue weighted by Crippen LogP contribution is 2.33. The van der Waals surface area contributed by atoms with Crippen LogP contribution >= 0.6 is 0 Å². The minimum absolute atomic E-state index is 0.0227. The van der Waals surface area contributed by atoms with E-state index >= 15 is 0 Å². The molecule has 1 aromatic rings. The van der Waals surface area contributed by atoms with Crippen LogP contribution in [0.1, 0.15) is 44.6 Å². The molecule has 2 unspecified atom stereocenters. The zero-order valence-corrected chi connectivity index (χ0v) is 10.8. The topological polar surface area (TPSA) is 20.2 Å². The van der Waals surface area contributed by atoms with Crippen LogP contribution in [0.5, 0.6) is 0 Å². The van der Waals surface area contributed by atoms with Gasteiger partial charge in [-0.3, -0.25) is 0 Å². The predicted octanol–water partition coefficient (Wildman–Crippen LogP) is 3.84. The zero-order valence-electron chi connectivity index (χ0n) is 10.8. The average Bonchev–Trinajstić information content (AvgIpc) is 2.47. The summed E-state index contributed by atoms with van der Waals surface area (Å²) in [5, 5.41) is 10.5. The molecular weight excluding hydrogens is 234 g/mol. The lowest BCUT2D eigenvalue weighted by atomic mass is 9.87. The maximum absolute atomic E-state index is 13.6. The lowest BCUT2D eigenvalue weighted by Gasteiger charge is -2.27. The predicted molar refractivity (Wildman–Crippen MR) is 67.3 cm³/mol. The first-order valence-corrected chi connectivity index (χ1v) is 6.65. The molecule has 0 bridgehead atoms. The molecule has 2 atom stereocenters. The molecule has 1 nitrogen and oxygen atoms in total. The molecule has 18 heavy (non-hydrogen) atoms. The van der Waals surface area contributed by atoms with Crippen LogP contribution in [-0.2, 0) is 6.42 Å². The van der Waals surface area contributed by atoms with Gasteiger partial charge in [-0.15, -0.1) is 0 Å². The summed E-state index contributed by atoms with van der Waals surface area (Å²) in [5.41, 5.74) is -0.928. The maximum atomic E-state index is 13.6. The molecule has 100 valence electrons. The Morgan fingerprint density at radius 1 is 1.22 bits per heavy atom. The van der Waals surface area contributed by atoms with E-state index in [0.29, 0.717) is 18.8 Å². The van der Waals surface area contributed by atoms with Gasteiger partial charge in [-0.05, 0) is 37.3 Å². The Labute approximate surface area is 107 Å². The van der Waals surface area contributed by atoms with Crippen LogP contribution in [0.3, 0.4) is 0 Å². The van der Waals surface area contributed by atoms with Gasteiger partial charge in [0.1, 0.15) is 11.6 Å². The first-order chi connectivity index (χ1) is 8.50. The summed E-state index contributed by atoms with van der Waals surface area (Å²) in [6.45, 7) is 2.16. The van der Waals surface area contributed by atoms with Gasteiger partial charge in [-0.25, -0.2) is 8.78 Å². The van der Waals surface area contributed by atoms with Gasteiger partial charge in [0.15, 0.2) is 0 Å². The largest absolute Gasteiger partial charge is 0.390 e. The molecule has 0 heterocycles. The lowest BCUT2D eigenvalue weighted by molar-refractivity contribution is 0.0228. The Hall–Kier alpha value is -0.960. The molecule has 1 saturated carbocycles. The van der Waals surface area contributed by atoms with Gasteiger partial charge < -0.3 is 5.11 Å². The second-order valence-corrected chi connectivity index (χ2v) is 5.64. The van der Waals surface area contributed by atoms with E-state index in [1.165, 1.54) is 18.2 Å². The van der Waals surface area contributed by atoms with Gasteiger partial charge in [0, 0.05) is 12.0 Å². The van der Waals surface area contributed by atoms with Crippen molar-refractivity contribution in [2.75, 3.05) is 0 Å². The Balaban J connectivity index is 2.16. The van der Waals surface area contributed by atoms with Crippen LogP contribution in [0.25, 0.3) is 0 Å². The zero-order chi connectivity index (χ0) is 13.2. The molecule has 0 aliphatic heterocycles. The molecule has 0 spiro atoms. The summed E-state index contributed by atoms with van der Waals surface area (Å²) in [6.07, 6.45) is 4.27. The van der Waals surface area contributed by atoms with Gasteiger partial charge in [0.2, 0.25) is 0 Å². The lowest BCUT2D eigenvalue weighted by Crippen LogP contribution is -2.31. The highest BCUT2D eigenvalue weighted by Gasteiger charge is 2.31. The van der Waals surface area contributed by atoms with E-state index < -0.39 is 17.2 Å². The Kier molecular flexibility index (Phi) is 4.00. The molecule has 1 fully saturated rings. The van der Waals surface area contributed by atoms with Gasteiger partial charge in [-0.1, -0.05) is 25.8 Å². The van der Waals surface area contributed by atoms with Crippen molar-refractivity contribution < 1.29 is 13.9 Å². The molecule has 1 aliphatic rings. The second-order valence-electron chi connectivity index (χ2n) is 5.64. The number of aliphatic hydroxyl groups is 1. The summed E-state index contributed by atoms with van der Waals surface area (Å²) >= 11 is 0. The maximum Gasteiger partial charge on any atom is 0.129 e. The second kappa shape index (κ2) is 5.35. The van der Waals surface area contributed by atoms with E-state index in [2.05, 4.69) is 6.92 Å². The first-order valence-electron chi connectivity index (χ1n) is 6.65. The van der Waals surface area contributed by atoms with Crippen molar-refractivity contribution in [3.05, 3.63) is 35.4 Å². The van der Waals surface area contributed by atoms with Crippen molar-refractivity contribution in [1.29, 1.82) is 0 Å². The van der Waals surface area contributed by atoms with Crippen LogP contribution in [0, 0.1) is 17.6 Å². The SMILES string of the molecule is CC1CCCC(O)(Cc2c(F)cccc2F)CC1. The smallest absolute Gasteiger partial charge is 0.129 e. The third-order valence-corrected chi connectivity index (χ3v) is 4.01. The van der Waals surface area contributed by atoms with Crippen LogP contribution in [0.15, 0.2) is 18.2 Å². The van der Waals surface area contributed by atoms with Gasteiger partial charge in [0.05, 0.1) is 5.60 Å². The molecule has 2 rings (SSSR count). The van der Waals surface area contributed by atoms with E-state index in [1.54, 1.807) is 0 Å². The summed E-state index contributed by atoms with van der Waals surface area (Å²) in [4.78, 5) is 0. The summed E-state index contributed by atoms with van der Waals surface area (Å²) < 4.78 is 27.2. The molecule has 1 aromatic carbocycles. The fraction of sp³-hybridized carbons (Fsp3) is 0.600. The molecule has 1 N–H and O–H groups in total. The van der Waals surface area contributed by atoms with Crippen molar-refractivity contribution in [2.24, 2.45) is 5.92 Å². The normalized spacial score (nSPS) is 29.0. The van der Waals surface area contributed by atoms with Crippen molar-refractivity contribution in [3.8, 4) is 0 Å². The van der Waals surface area contributed by atoms with Gasteiger partial charge >= 0.3 is 0 Å². The van der Waals surface area contributed by atoms with Crippen LogP contribution < -0.4 is 0 Å². The Morgan fingerprint density at radius 2 is 1.89 bits per heavy atom. The number of hydrogen-bond donors (Lipinski definition) is 1. The number of halogens is 2. The van der Waals surface area contributed by atoms with Crippen molar-refractivity contribution in [2.45, 2.75) is 51.0 Å². The van der Waals surface area contributed by atoms with Gasteiger partial charge in [0.25, 0.3) is 0 Å². The first kappa shape index (κ1) is 13.5. The Morgan fingerprint density at radius 3 is 2.56 bits per heavy atom. The summed E-state index contributed by atoms with van der Waals surface area (Å²) in [7, 11) is 0. The number of benzene rings is 1. The molecule has 1 aliphatic carbocycles. The number of rotatable bonds is 2. The molecule has 0 saturated heterocycles. The summed E-state index contributed by atoms with van der Waals surface area (Å²) in [5.74, 6) is -0.522. The van der Waals surface area contributed by atoms with E-state index in [4.69, 9.17) is 0 Å². The highest BCUT2D eigenvalue weighted by molar-refractivity contribution is 5.21. The van der Waals surface area contributed by atoms with E-state index in [9.17, 15) is 13.9 Å². The van der Waals surface area contributed by atoms with E-state index in [-0.39, 0.29) is 12.0 Å². The summed E-state index contributed by atoms with van der Waals surface area (Å²) in [6, 6.07) is 3.86. The van der Waals surface area contributed by atoms with E-state index in [0.717, 1.165) is 19.3 Å². The quantitative estimate of drug-likeness (QED) is 0.795. The molecule has 3 heteroatoms. The van der Waals surface area contributed by atoms with Gasteiger partial charge in [-0.2, -0.15) is 0 Å². The molecule has 0 radical (unpaired) electrons. The minimum Gasteiger partial charge on any atom is -0.390 e. The molecule has 0 aromatic heterocycles. The fourth-order valence-electron chi connectivity index (χ4n) is 2.77. The fourth-order valence-corrected chi connectivity index (χ4v) is 2.77. The standard InChI is InChI=1S/C15H20F2O/c1-11-4-3-8-15(18,9-7-11)10-12-13(16)5-2-6-14(12)17/h2,5-6,11,18H,3-4,7-10H2,1H3. The number of hydrogen-bond acceptors (Lipinski definition) is 1. The average molecular weight is 254 g/mol. The third kappa shape index (κ3) is 3.08.